The first-order chi connectivity index (χ1) is 9.43. The van der Waals surface area contributed by atoms with E-state index in [-0.39, 0.29) is 17.7 Å². The number of carboxylic acid groups (broad SMARTS) is 1. The van der Waals surface area contributed by atoms with E-state index in [1.54, 1.807) is 4.90 Å². The highest BCUT2D eigenvalue weighted by atomic mass is 16.4. The van der Waals surface area contributed by atoms with Gasteiger partial charge in [-0.2, -0.15) is 0 Å². The highest BCUT2D eigenvalue weighted by Gasteiger charge is 2.44. The normalized spacial score (nSPS) is 33.4. The van der Waals surface area contributed by atoms with Gasteiger partial charge in [-0.25, -0.2) is 0 Å². The third kappa shape index (κ3) is 2.78. The summed E-state index contributed by atoms with van der Waals surface area (Å²) in [6.07, 6.45) is 2.71. The summed E-state index contributed by atoms with van der Waals surface area (Å²) in [6.45, 7) is 2.87. The average molecular weight is 282 g/mol. The van der Waals surface area contributed by atoms with Gasteiger partial charge < -0.3 is 15.7 Å². The lowest BCUT2D eigenvalue weighted by molar-refractivity contribution is -0.148. The Morgan fingerprint density at radius 3 is 2.40 bits per heavy atom. The number of nitrogens with two attached hydrogens (primary N) is 1. The molecule has 2 rings (SSSR count). The molecule has 1 aliphatic carbocycles. The number of likely N-dealkylation sites (tertiary alicyclic amines) is 1. The van der Waals surface area contributed by atoms with Gasteiger partial charge in [-0.05, 0) is 25.2 Å². The van der Waals surface area contributed by atoms with E-state index in [0.29, 0.717) is 38.3 Å². The highest BCUT2D eigenvalue weighted by molar-refractivity contribution is 5.86. The minimum absolute atomic E-state index is 0.114. The summed E-state index contributed by atoms with van der Waals surface area (Å²) in [5.74, 6) is -2.38. The first-order valence-corrected chi connectivity index (χ1v) is 7.24. The van der Waals surface area contributed by atoms with Crippen LogP contribution >= 0.6 is 0 Å². The quantitative estimate of drug-likeness (QED) is 0.782. The van der Waals surface area contributed by atoms with Crippen molar-refractivity contribution in [2.45, 2.75) is 32.6 Å². The Morgan fingerprint density at radius 2 is 1.90 bits per heavy atom. The lowest BCUT2D eigenvalue weighted by Gasteiger charge is -2.23. The standard InChI is InChI=1S/C14H22N2O4/c1-2-8-5-10(11(6-8)14(19)20)13(18)16-4-3-9(7-16)12(15)17/h8-11H,2-7H2,1H3,(H2,15,17)(H,19,20). The van der Waals surface area contributed by atoms with Crippen molar-refractivity contribution in [1.82, 2.24) is 4.90 Å². The Hall–Kier alpha value is -1.59. The molecule has 0 bridgehead atoms. The molecule has 1 heterocycles. The van der Waals surface area contributed by atoms with Crippen molar-refractivity contribution in [2.24, 2.45) is 29.4 Å². The largest absolute Gasteiger partial charge is 0.481 e. The second-order valence-corrected chi connectivity index (χ2v) is 5.97. The molecule has 2 fully saturated rings. The molecular weight excluding hydrogens is 260 g/mol. The summed E-state index contributed by atoms with van der Waals surface area (Å²) in [5, 5.41) is 9.28. The molecule has 2 aliphatic rings. The summed E-state index contributed by atoms with van der Waals surface area (Å²) in [5.41, 5.74) is 5.26. The van der Waals surface area contributed by atoms with E-state index in [9.17, 15) is 19.5 Å². The van der Waals surface area contributed by atoms with Gasteiger partial charge in [-0.3, -0.25) is 14.4 Å². The van der Waals surface area contributed by atoms with E-state index in [1.165, 1.54) is 0 Å². The number of rotatable bonds is 4. The van der Waals surface area contributed by atoms with E-state index in [1.807, 2.05) is 6.92 Å². The van der Waals surface area contributed by atoms with E-state index in [2.05, 4.69) is 0 Å². The number of carbonyl (C=O) groups is 3. The molecular formula is C14H22N2O4. The molecule has 4 unspecified atom stereocenters. The maximum absolute atomic E-state index is 12.5. The molecule has 0 spiro atoms. The Balaban J connectivity index is 2.04. The van der Waals surface area contributed by atoms with E-state index < -0.39 is 17.8 Å². The summed E-state index contributed by atoms with van der Waals surface area (Å²) in [7, 11) is 0. The maximum atomic E-state index is 12.5. The summed E-state index contributed by atoms with van der Waals surface area (Å²) < 4.78 is 0. The Bertz CT molecular complexity index is 423. The van der Waals surface area contributed by atoms with Crippen LogP contribution in [0, 0.1) is 23.7 Å². The second kappa shape index (κ2) is 5.81. The third-order valence-corrected chi connectivity index (χ3v) is 4.77. The molecule has 0 aromatic heterocycles. The number of hydrogen-bond acceptors (Lipinski definition) is 3. The molecule has 2 amide bonds. The van der Waals surface area contributed by atoms with E-state index in [0.717, 1.165) is 6.42 Å². The van der Waals surface area contributed by atoms with Crippen molar-refractivity contribution < 1.29 is 19.5 Å². The molecule has 3 N–H and O–H groups in total. The van der Waals surface area contributed by atoms with Crippen molar-refractivity contribution in [3.63, 3.8) is 0 Å². The Kier molecular flexibility index (Phi) is 4.30. The van der Waals surface area contributed by atoms with Gasteiger partial charge in [0.2, 0.25) is 11.8 Å². The lowest BCUT2D eigenvalue weighted by atomic mass is 9.95. The zero-order valence-corrected chi connectivity index (χ0v) is 11.7. The number of primary amides is 1. The van der Waals surface area contributed by atoms with Gasteiger partial charge >= 0.3 is 5.97 Å². The van der Waals surface area contributed by atoms with Crippen LogP contribution in [0.4, 0.5) is 0 Å². The first-order valence-electron chi connectivity index (χ1n) is 7.24. The Morgan fingerprint density at radius 1 is 1.25 bits per heavy atom. The summed E-state index contributed by atoms with van der Waals surface area (Å²) in [4.78, 5) is 36.6. The third-order valence-electron chi connectivity index (χ3n) is 4.77. The summed E-state index contributed by atoms with van der Waals surface area (Å²) in [6, 6.07) is 0. The van der Waals surface area contributed by atoms with Gasteiger partial charge in [0.15, 0.2) is 0 Å². The van der Waals surface area contributed by atoms with Crippen LogP contribution in [0.3, 0.4) is 0 Å². The molecule has 112 valence electrons. The number of carbonyl (C=O) groups excluding carboxylic acids is 2. The van der Waals surface area contributed by atoms with Crippen molar-refractivity contribution in [2.75, 3.05) is 13.1 Å². The van der Waals surface area contributed by atoms with Crippen molar-refractivity contribution in [1.29, 1.82) is 0 Å². The minimum atomic E-state index is -0.884. The monoisotopic (exact) mass is 282 g/mol. The predicted molar refractivity (Wildman–Crippen MR) is 71.5 cm³/mol. The molecule has 6 heteroatoms. The number of aliphatic carboxylic acids is 1. The van der Waals surface area contributed by atoms with Crippen LogP contribution in [0.1, 0.15) is 32.6 Å². The van der Waals surface area contributed by atoms with Gasteiger partial charge in [-0.1, -0.05) is 13.3 Å². The van der Waals surface area contributed by atoms with E-state index in [4.69, 9.17) is 5.73 Å². The number of nitrogens with zero attached hydrogens (tertiary/aromatic N) is 1. The minimum Gasteiger partial charge on any atom is -0.481 e. The SMILES string of the molecule is CCC1CC(C(=O)O)C(C(=O)N2CCC(C(N)=O)C2)C1. The lowest BCUT2D eigenvalue weighted by Crippen LogP contribution is -2.38. The van der Waals surface area contributed by atoms with Crippen LogP contribution in [0.15, 0.2) is 0 Å². The van der Waals surface area contributed by atoms with Crippen molar-refractivity contribution >= 4 is 17.8 Å². The average Bonchev–Trinajstić information content (AvgIpc) is 3.04. The topological polar surface area (TPSA) is 101 Å². The van der Waals surface area contributed by atoms with Crippen LogP contribution in [0.2, 0.25) is 0 Å². The molecule has 0 aromatic rings. The van der Waals surface area contributed by atoms with Gasteiger partial charge in [-0.15, -0.1) is 0 Å². The molecule has 20 heavy (non-hydrogen) atoms. The predicted octanol–water partition coefficient (Wildman–Crippen LogP) is 0.457. The molecule has 1 aliphatic heterocycles. The number of hydrogen-bond donors (Lipinski definition) is 2. The van der Waals surface area contributed by atoms with Gasteiger partial charge in [0.25, 0.3) is 0 Å². The fraction of sp³-hybridized carbons (Fsp3) is 0.786. The zero-order chi connectivity index (χ0) is 14.9. The van der Waals surface area contributed by atoms with Gasteiger partial charge in [0.05, 0.1) is 17.8 Å². The van der Waals surface area contributed by atoms with Crippen LogP contribution in [0.5, 0.6) is 0 Å². The first kappa shape index (κ1) is 14.8. The Labute approximate surface area is 118 Å². The number of carboxylic acids is 1. The molecule has 0 radical (unpaired) electrons. The van der Waals surface area contributed by atoms with Crippen LogP contribution in [0.25, 0.3) is 0 Å². The summed E-state index contributed by atoms with van der Waals surface area (Å²) >= 11 is 0. The molecule has 1 saturated heterocycles. The fourth-order valence-corrected chi connectivity index (χ4v) is 3.45. The van der Waals surface area contributed by atoms with Gasteiger partial charge in [0.1, 0.15) is 0 Å². The highest BCUT2D eigenvalue weighted by Crippen LogP contribution is 2.40. The smallest absolute Gasteiger partial charge is 0.307 e. The van der Waals surface area contributed by atoms with Crippen molar-refractivity contribution in [3.8, 4) is 0 Å². The zero-order valence-electron chi connectivity index (χ0n) is 11.7. The van der Waals surface area contributed by atoms with Crippen LogP contribution in [-0.2, 0) is 14.4 Å². The fourth-order valence-electron chi connectivity index (χ4n) is 3.45. The van der Waals surface area contributed by atoms with Crippen LogP contribution < -0.4 is 5.73 Å². The molecule has 6 nitrogen and oxygen atoms in total. The molecule has 0 aromatic carbocycles. The van der Waals surface area contributed by atoms with Gasteiger partial charge in [0, 0.05) is 13.1 Å². The van der Waals surface area contributed by atoms with E-state index >= 15 is 0 Å². The molecule has 4 atom stereocenters. The molecule has 1 saturated carbocycles. The van der Waals surface area contributed by atoms with Crippen molar-refractivity contribution in [3.05, 3.63) is 0 Å². The van der Waals surface area contributed by atoms with Crippen LogP contribution in [-0.4, -0.2) is 40.9 Å². The second-order valence-electron chi connectivity index (χ2n) is 5.97. The number of amides is 2. The maximum Gasteiger partial charge on any atom is 0.307 e.